The van der Waals surface area contributed by atoms with Crippen LogP contribution < -0.4 is 5.32 Å². The van der Waals surface area contributed by atoms with E-state index < -0.39 is 12.1 Å². The van der Waals surface area contributed by atoms with Gasteiger partial charge in [0.2, 0.25) is 0 Å². The Morgan fingerprint density at radius 2 is 2.21 bits per heavy atom. The molecule has 0 unspecified atom stereocenters. The van der Waals surface area contributed by atoms with Crippen LogP contribution in [0.3, 0.4) is 0 Å². The summed E-state index contributed by atoms with van der Waals surface area (Å²) in [6, 6.07) is 9.20. The lowest BCUT2D eigenvalue weighted by molar-refractivity contribution is -0.119. The normalized spacial score (nSPS) is 16.8. The molecular weight excluding hydrogens is 313 g/mol. The van der Waals surface area contributed by atoms with Gasteiger partial charge in [0.05, 0.1) is 0 Å². The van der Waals surface area contributed by atoms with Crippen molar-refractivity contribution in [3.63, 3.8) is 0 Å². The van der Waals surface area contributed by atoms with Crippen molar-refractivity contribution in [3.8, 4) is 0 Å². The van der Waals surface area contributed by atoms with Gasteiger partial charge in [-0.15, -0.1) is 0 Å². The van der Waals surface area contributed by atoms with E-state index in [0.29, 0.717) is 12.2 Å². The quantitative estimate of drug-likeness (QED) is 0.933. The molecule has 6 nitrogen and oxygen atoms in total. The summed E-state index contributed by atoms with van der Waals surface area (Å²) >= 11 is 0. The molecule has 1 aromatic heterocycles. The molecular formula is C17H16FN3O3. The molecule has 2 heterocycles. The molecule has 1 aliphatic heterocycles. The van der Waals surface area contributed by atoms with Crippen molar-refractivity contribution in [1.82, 2.24) is 9.88 Å². The van der Waals surface area contributed by atoms with Crippen LogP contribution in [-0.4, -0.2) is 41.6 Å². The molecule has 3 rings (SSSR count). The van der Waals surface area contributed by atoms with Crippen molar-refractivity contribution >= 4 is 17.8 Å². The third kappa shape index (κ3) is 3.51. The summed E-state index contributed by atoms with van der Waals surface area (Å²) in [6.45, 7) is 0.0266. The Hall–Kier alpha value is -2.96. The number of halogens is 1. The molecule has 1 atom stereocenters. The number of likely N-dealkylation sites (N-methyl/N-ethyl adjacent to an activating group) is 1. The lowest BCUT2D eigenvalue weighted by atomic mass is 10.1. The first kappa shape index (κ1) is 15.9. The SMILES string of the molecule is CN1C(=O)OC[C@H]1C(=O)Nc1ccc(Cc2cccc(F)c2)cn1. The molecule has 24 heavy (non-hydrogen) atoms. The van der Waals surface area contributed by atoms with Gasteiger partial charge in [-0.1, -0.05) is 18.2 Å². The van der Waals surface area contributed by atoms with E-state index in [1.54, 1.807) is 18.3 Å². The van der Waals surface area contributed by atoms with Crippen LogP contribution in [0.1, 0.15) is 11.1 Å². The van der Waals surface area contributed by atoms with Crippen LogP contribution in [0.5, 0.6) is 0 Å². The molecule has 1 aromatic carbocycles. The van der Waals surface area contributed by atoms with Gasteiger partial charge in [0.1, 0.15) is 24.3 Å². The number of hydrogen-bond acceptors (Lipinski definition) is 4. The first-order valence-corrected chi connectivity index (χ1v) is 7.43. The number of ether oxygens (including phenoxy) is 1. The standard InChI is InChI=1S/C17H16FN3O3/c1-21-14(10-24-17(21)23)16(22)20-15-6-5-12(9-19-15)7-11-3-2-4-13(18)8-11/h2-6,8-9,14H,7,10H2,1H3,(H,19,20,22)/t14-/m0/s1. The zero-order valence-electron chi connectivity index (χ0n) is 13.0. The molecule has 0 aliphatic carbocycles. The highest BCUT2D eigenvalue weighted by atomic mass is 19.1. The number of amides is 2. The Morgan fingerprint density at radius 1 is 1.38 bits per heavy atom. The van der Waals surface area contributed by atoms with E-state index in [-0.39, 0.29) is 18.3 Å². The van der Waals surface area contributed by atoms with E-state index in [1.165, 1.54) is 24.1 Å². The van der Waals surface area contributed by atoms with Crippen LogP contribution in [-0.2, 0) is 16.0 Å². The number of carbonyl (C=O) groups excluding carboxylic acids is 2. The Balaban J connectivity index is 1.62. The van der Waals surface area contributed by atoms with Gasteiger partial charge in [-0.3, -0.25) is 9.69 Å². The number of nitrogens with zero attached hydrogens (tertiary/aromatic N) is 2. The highest BCUT2D eigenvalue weighted by Crippen LogP contribution is 2.14. The molecule has 0 radical (unpaired) electrons. The Morgan fingerprint density at radius 3 is 2.83 bits per heavy atom. The second-order valence-corrected chi connectivity index (χ2v) is 5.55. The Bertz CT molecular complexity index is 764. The van der Waals surface area contributed by atoms with Crippen LogP contribution in [0.2, 0.25) is 0 Å². The van der Waals surface area contributed by atoms with Gasteiger partial charge in [0.25, 0.3) is 5.91 Å². The number of aromatic nitrogens is 1. The maximum Gasteiger partial charge on any atom is 0.410 e. The van der Waals surface area contributed by atoms with Gasteiger partial charge in [0.15, 0.2) is 0 Å². The van der Waals surface area contributed by atoms with E-state index in [4.69, 9.17) is 4.74 Å². The molecule has 1 fully saturated rings. The maximum absolute atomic E-state index is 13.2. The van der Waals surface area contributed by atoms with Gasteiger partial charge >= 0.3 is 6.09 Å². The zero-order valence-corrected chi connectivity index (χ0v) is 13.0. The van der Waals surface area contributed by atoms with Crippen molar-refractivity contribution < 1.29 is 18.7 Å². The predicted molar refractivity (Wildman–Crippen MR) is 85.0 cm³/mol. The summed E-state index contributed by atoms with van der Waals surface area (Å²) in [4.78, 5) is 28.8. The lowest BCUT2D eigenvalue weighted by Gasteiger charge is -2.15. The third-order valence-corrected chi connectivity index (χ3v) is 3.80. The highest BCUT2D eigenvalue weighted by Gasteiger charge is 2.35. The number of benzene rings is 1. The summed E-state index contributed by atoms with van der Waals surface area (Å²) in [5, 5.41) is 2.65. The van der Waals surface area contributed by atoms with Crippen molar-refractivity contribution in [1.29, 1.82) is 0 Å². The number of nitrogens with one attached hydrogen (secondary N) is 1. The minimum Gasteiger partial charge on any atom is -0.447 e. The molecule has 124 valence electrons. The van der Waals surface area contributed by atoms with Crippen molar-refractivity contribution in [2.45, 2.75) is 12.5 Å². The molecule has 2 amide bonds. The Labute approximate surface area is 138 Å². The molecule has 7 heteroatoms. The minimum atomic E-state index is -0.661. The third-order valence-electron chi connectivity index (χ3n) is 3.80. The van der Waals surface area contributed by atoms with Crippen LogP contribution in [0.15, 0.2) is 42.6 Å². The molecule has 1 N–H and O–H groups in total. The van der Waals surface area contributed by atoms with E-state index in [9.17, 15) is 14.0 Å². The van der Waals surface area contributed by atoms with Crippen LogP contribution in [0, 0.1) is 5.82 Å². The van der Waals surface area contributed by atoms with Crippen molar-refractivity contribution in [3.05, 3.63) is 59.5 Å². The molecule has 2 aromatic rings. The minimum absolute atomic E-state index is 0.0266. The Kier molecular flexibility index (Phi) is 4.41. The maximum atomic E-state index is 13.2. The van der Waals surface area contributed by atoms with Crippen LogP contribution >= 0.6 is 0 Å². The molecule has 0 bridgehead atoms. The molecule has 0 spiro atoms. The highest BCUT2D eigenvalue weighted by molar-refractivity contribution is 5.97. The first-order chi connectivity index (χ1) is 11.5. The number of anilines is 1. The van der Waals surface area contributed by atoms with E-state index in [0.717, 1.165) is 11.1 Å². The number of rotatable bonds is 4. The van der Waals surface area contributed by atoms with Gasteiger partial charge in [-0.05, 0) is 35.7 Å². The summed E-state index contributed by atoms with van der Waals surface area (Å²) in [6.07, 6.45) is 1.65. The largest absolute Gasteiger partial charge is 0.447 e. The van der Waals surface area contributed by atoms with Crippen LogP contribution in [0.25, 0.3) is 0 Å². The van der Waals surface area contributed by atoms with Gasteiger partial charge in [-0.25, -0.2) is 14.2 Å². The van der Waals surface area contributed by atoms with E-state index in [2.05, 4.69) is 10.3 Å². The van der Waals surface area contributed by atoms with Gasteiger partial charge in [0, 0.05) is 13.2 Å². The van der Waals surface area contributed by atoms with E-state index in [1.807, 2.05) is 12.1 Å². The second kappa shape index (κ2) is 6.66. The molecule has 1 aliphatic rings. The van der Waals surface area contributed by atoms with Gasteiger partial charge in [-0.2, -0.15) is 0 Å². The second-order valence-electron chi connectivity index (χ2n) is 5.55. The fraction of sp³-hybridized carbons (Fsp3) is 0.235. The monoisotopic (exact) mass is 329 g/mol. The lowest BCUT2D eigenvalue weighted by Crippen LogP contribution is -2.40. The number of hydrogen-bond donors (Lipinski definition) is 1. The van der Waals surface area contributed by atoms with Gasteiger partial charge < -0.3 is 10.1 Å². The molecule has 1 saturated heterocycles. The predicted octanol–water partition coefficient (Wildman–Crippen LogP) is 2.20. The summed E-state index contributed by atoms with van der Waals surface area (Å²) in [7, 11) is 1.51. The number of cyclic esters (lactones) is 1. The topological polar surface area (TPSA) is 71.5 Å². The number of carbonyl (C=O) groups is 2. The zero-order chi connectivity index (χ0) is 17.1. The average Bonchev–Trinajstić information content (AvgIpc) is 2.89. The number of pyridine rings is 1. The summed E-state index contributed by atoms with van der Waals surface area (Å²) in [5.41, 5.74) is 1.74. The van der Waals surface area contributed by atoms with Crippen molar-refractivity contribution in [2.75, 3.05) is 19.0 Å². The summed E-state index contributed by atoms with van der Waals surface area (Å²) in [5.74, 6) is -0.244. The van der Waals surface area contributed by atoms with Crippen LogP contribution in [0.4, 0.5) is 15.0 Å². The fourth-order valence-corrected chi connectivity index (χ4v) is 2.44. The smallest absolute Gasteiger partial charge is 0.410 e. The first-order valence-electron chi connectivity index (χ1n) is 7.43. The van der Waals surface area contributed by atoms with Crippen molar-refractivity contribution in [2.24, 2.45) is 0 Å². The van der Waals surface area contributed by atoms with E-state index >= 15 is 0 Å². The summed E-state index contributed by atoms with van der Waals surface area (Å²) < 4.78 is 18.0. The molecule has 0 saturated carbocycles. The average molecular weight is 329 g/mol. The fourth-order valence-electron chi connectivity index (χ4n) is 2.44.